The molecule has 0 heterocycles. The molecule has 0 radical (unpaired) electrons. The third-order valence-electron chi connectivity index (χ3n) is 2.50. The number of amides is 1. The van der Waals surface area contributed by atoms with E-state index in [4.69, 9.17) is 9.47 Å². The fourth-order valence-corrected chi connectivity index (χ4v) is 1.45. The summed E-state index contributed by atoms with van der Waals surface area (Å²) in [6.45, 7) is 4.89. The van der Waals surface area contributed by atoms with Gasteiger partial charge < -0.3 is 14.8 Å². The van der Waals surface area contributed by atoms with E-state index in [2.05, 4.69) is 5.32 Å². The molecule has 19 heavy (non-hydrogen) atoms. The molecule has 1 amide bonds. The first-order chi connectivity index (χ1) is 9.13. The molecule has 1 N–H and O–H groups in total. The summed E-state index contributed by atoms with van der Waals surface area (Å²) >= 11 is 0. The summed E-state index contributed by atoms with van der Waals surface area (Å²) in [5, 5.41) is 2.58. The molecule has 0 aliphatic heterocycles. The molecule has 0 aliphatic rings. The van der Waals surface area contributed by atoms with Crippen molar-refractivity contribution in [2.45, 2.75) is 26.7 Å². The van der Waals surface area contributed by atoms with Crippen LogP contribution in [-0.4, -0.2) is 25.9 Å². The van der Waals surface area contributed by atoms with E-state index < -0.39 is 6.09 Å². The van der Waals surface area contributed by atoms with Crippen LogP contribution < -0.4 is 10.1 Å². The Labute approximate surface area is 112 Å². The van der Waals surface area contributed by atoms with Gasteiger partial charge in [-0.2, -0.15) is 0 Å². The van der Waals surface area contributed by atoms with Gasteiger partial charge in [0.25, 0.3) is 0 Å². The molecule has 0 saturated heterocycles. The Morgan fingerprint density at radius 1 is 1.37 bits per heavy atom. The summed E-state index contributed by atoms with van der Waals surface area (Å²) in [5.74, 6) is 0.324. The van der Waals surface area contributed by atoms with Crippen molar-refractivity contribution in [1.29, 1.82) is 0 Å². The molecule has 0 aromatic heterocycles. The molecule has 0 unspecified atom stereocenters. The van der Waals surface area contributed by atoms with Crippen molar-refractivity contribution in [2.75, 3.05) is 19.8 Å². The molecule has 1 rings (SSSR count). The summed E-state index contributed by atoms with van der Waals surface area (Å²) in [6, 6.07) is 4.32. The molecule has 0 bridgehead atoms. The van der Waals surface area contributed by atoms with Crippen molar-refractivity contribution in [3.8, 4) is 5.75 Å². The number of rotatable bonds is 7. The standard InChI is InChI=1S/C14H20FNO3/c1-3-4-8-19-14(17)16-7-9-18-13-6-5-12(15)10-11(13)2/h5-6,10H,3-4,7-9H2,1-2H3,(H,16,17). The first kappa shape index (κ1) is 15.3. The second-order valence-corrected chi connectivity index (χ2v) is 4.17. The molecule has 1 aromatic rings. The van der Waals surface area contributed by atoms with Crippen LogP contribution in [0, 0.1) is 12.7 Å². The number of carbonyl (C=O) groups excluding carboxylic acids is 1. The van der Waals surface area contributed by atoms with Crippen LogP contribution in [0.25, 0.3) is 0 Å². The van der Waals surface area contributed by atoms with Gasteiger partial charge in [-0.25, -0.2) is 9.18 Å². The van der Waals surface area contributed by atoms with Crippen molar-refractivity contribution < 1.29 is 18.7 Å². The lowest BCUT2D eigenvalue weighted by molar-refractivity contribution is 0.142. The third-order valence-corrected chi connectivity index (χ3v) is 2.50. The van der Waals surface area contributed by atoms with Crippen LogP contribution in [0.2, 0.25) is 0 Å². The Balaban J connectivity index is 2.18. The van der Waals surface area contributed by atoms with E-state index in [1.807, 2.05) is 6.92 Å². The average molecular weight is 269 g/mol. The average Bonchev–Trinajstić information content (AvgIpc) is 2.37. The summed E-state index contributed by atoms with van der Waals surface area (Å²) < 4.78 is 23.2. The number of carbonyl (C=O) groups is 1. The predicted octanol–water partition coefficient (Wildman–Crippen LogP) is 3.04. The second-order valence-electron chi connectivity index (χ2n) is 4.17. The van der Waals surface area contributed by atoms with E-state index in [1.54, 1.807) is 13.0 Å². The normalized spacial score (nSPS) is 10.1. The summed E-state index contributed by atoms with van der Waals surface area (Å²) in [4.78, 5) is 11.2. The number of nitrogens with one attached hydrogen (secondary N) is 1. The number of hydrogen-bond donors (Lipinski definition) is 1. The minimum Gasteiger partial charge on any atom is -0.491 e. The van der Waals surface area contributed by atoms with Gasteiger partial charge in [0.15, 0.2) is 0 Å². The quantitative estimate of drug-likeness (QED) is 0.774. The molecular formula is C14H20FNO3. The van der Waals surface area contributed by atoms with Crippen LogP contribution in [0.3, 0.4) is 0 Å². The van der Waals surface area contributed by atoms with Crippen molar-refractivity contribution in [3.05, 3.63) is 29.6 Å². The van der Waals surface area contributed by atoms with Gasteiger partial charge >= 0.3 is 6.09 Å². The van der Waals surface area contributed by atoms with E-state index in [9.17, 15) is 9.18 Å². The summed E-state index contributed by atoms with van der Waals surface area (Å²) in [7, 11) is 0. The lowest BCUT2D eigenvalue weighted by atomic mass is 10.2. The molecule has 0 aliphatic carbocycles. The highest BCUT2D eigenvalue weighted by atomic mass is 19.1. The topological polar surface area (TPSA) is 47.6 Å². The molecule has 0 fully saturated rings. The molecule has 1 aromatic carbocycles. The number of ether oxygens (including phenoxy) is 2. The van der Waals surface area contributed by atoms with Gasteiger partial charge in [0.1, 0.15) is 18.2 Å². The van der Waals surface area contributed by atoms with Gasteiger partial charge in [-0.05, 0) is 37.1 Å². The van der Waals surface area contributed by atoms with E-state index in [1.165, 1.54) is 12.1 Å². The van der Waals surface area contributed by atoms with Crippen LogP contribution in [0.5, 0.6) is 5.75 Å². The zero-order valence-corrected chi connectivity index (χ0v) is 11.4. The fourth-order valence-electron chi connectivity index (χ4n) is 1.45. The first-order valence-electron chi connectivity index (χ1n) is 6.43. The fraction of sp³-hybridized carbons (Fsp3) is 0.500. The highest BCUT2D eigenvalue weighted by molar-refractivity contribution is 5.67. The number of hydrogen-bond acceptors (Lipinski definition) is 3. The Bertz CT molecular complexity index is 410. The molecule has 106 valence electrons. The Morgan fingerprint density at radius 3 is 2.84 bits per heavy atom. The van der Waals surface area contributed by atoms with E-state index in [0.717, 1.165) is 18.4 Å². The number of alkyl carbamates (subject to hydrolysis) is 1. The van der Waals surface area contributed by atoms with E-state index in [0.29, 0.717) is 25.5 Å². The molecule has 0 spiro atoms. The minimum atomic E-state index is -0.437. The molecule has 5 heteroatoms. The maximum atomic E-state index is 12.9. The number of unbranched alkanes of at least 4 members (excludes halogenated alkanes) is 1. The highest BCUT2D eigenvalue weighted by Crippen LogP contribution is 2.17. The highest BCUT2D eigenvalue weighted by Gasteiger charge is 2.03. The number of halogens is 1. The van der Waals surface area contributed by atoms with Crippen LogP contribution in [0.15, 0.2) is 18.2 Å². The number of aryl methyl sites for hydroxylation is 1. The second kappa shape index (κ2) is 8.34. The Kier molecular flexibility index (Phi) is 6.71. The SMILES string of the molecule is CCCCOC(=O)NCCOc1ccc(F)cc1C. The van der Waals surface area contributed by atoms with Gasteiger partial charge in [-0.1, -0.05) is 13.3 Å². The summed E-state index contributed by atoms with van der Waals surface area (Å²) in [5.41, 5.74) is 0.727. The van der Waals surface area contributed by atoms with Gasteiger partial charge in [0.2, 0.25) is 0 Å². The van der Waals surface area contributed by atoms with Crippen LogP contribution in [-0.2, 0) is 4.74 Å². The maximum absolute atomic E-state index is 12.9. The largest absolute Gasteiger partial charge is 0.491 e. The molecular weight excluding hydrogens is 249 g/mol. The monoisotopic (exact) mass is 269 g/mol. The first-order valence-corrected chi connectivity index (χ1v) is 6.43. The van der Waals surface area contributed by atoms with Gasteiger partial charge in [-0.3, -0.25) is 0 Å². The minimum absolute atomic E-state index is 0.289. The lowest BCUT2D eigenvalue weighted by Crippen LogP contribution is -2.29. The van der Waals surface area contributed by atoms with Crippen molar-refractivity contribution in [3.63, 3.8) is 0 Å². The maximum Gasteiger partial charge on any atom is 0.407 e. The smallest absolute Gasteiger partial charge is 0.407 e. The van der Waals surface area contributed by atoms with Crippen molar-refractivity contribution in [1.82, 2.24) is 5.32 Å². The zero-order valence-electron chi connectivity index (χ0n) is 11.4. The van der Waals surface area contributed by atoms with E-state index in [-0.39, 0.29) is 5.82 Å². The molecule has 4 nitrogen and oxygen atoms in total. The molecule has 0 saturated carbocycles. The van der Waals surface area contributed by atoms with E-state index >= 15 is 0 Å². The van der Waals surface area contributed by atoms with Crippen LogP contribution in [0.4, 0.5) is 9.18 Å². The lowest BCUT2D eigenvalue weighted by Gasteiger charge is -2.10. The summed E-state index contributed by atoms with van der Waals surface area (Å²) in [6.07, 6.45) is 1.41. The van der Waals surface area contributed by atoms with Gasteiger partial charge in [-0.15, -0.1) is 0 Å². The van der Waals surface area contributed by atoms with Crippen LogP contribution >= 0.6 is 0 Å². The number of benzene rings is 1. The van der Waals surface area contributed by atoms with Crippen molar-refractivity contribution in [2.24, 2.45) is 0 Å². The predicted molar refractivity (Wildman–Crippen MR) is 70.9 cm³/mol. The van der Waals surface area contributed by atoms with Crippen molar-refractivity contribution >= 4 is 6.09 Å². The van der Waals surface area contributed by atoms with Gasteiger partial charge in [0.05, 0.1) is 13.2 Å². The Morgan fingerprint density at radius 2 is 2.16 bits per heavy atom. The third kappa shape index (κ3) is 6.08. The Hall–Kier alpha value is -1.78. The zero-order chi connectivity index (χ0) is 14.1. The van der Waals surface area contributed by atoms with Gasteiger partial charge in [0, 0.05) is 0 Å². The molecule has 0 atom stereocenters. The van der Waals surface area contributed by atoms with Crippen LogP contribution in [0.1, 0.15) is 25.3 Å².